The van der Waals surface area contributed by atoms with Crippen LogP contribution in [0.2, 0.25) is 0 Å². The summed E-state index contributed by atoms with van der Waals surface area (Å²) in [6.45, 7) is 0.280. The largest absolute Gasteiger partial charge is 0.488 e. The monoisotopic (exact) mass is 439 g/mol. The normalized spacial score (nSPS) is 10.5. The number of hydrogen-bond acceptors (Lipinski definition) is 4. The molecule has 0 radical (unpaired) electrons. The van der Waals surface area contributed by atoms with Crippen LogP contribution in [0.1, 0.15) is 27.8 Å². The molecule has 0 saturated heterocycles. The molecule has 0 aliphatic heterocycles. The molecular formula is C24H14BrN3O. The first-order valence-corrected chi connectivity index (χ1v) is 9.46. The fourth-order valence-electron chi connectivity index (χ4n) is 2.74. The Morgan fingerprint density at radius 1 is 0.931 bits per heavy atom. The van der Waals surface area contributed by atoms with Crippen LogP contribution in [0.3, 0.4) is 0 Å². The number of rotatable bonds is 5. The smallest absolute Gasteiger partial charge is 0.134 e. The number of benzene rings is 3. The van der Waals surface area contributed by atoms with Gasteiger partial charge in [0.1, 0.15) is 12.4 Å². The molecule has 0 heterocycles. The summed E-state index contributed by atoms with van der Waals surface area (Å²) in [7, 11) is 0. The first-order chi connectivity index (χ1) is 14.1. The molecule has 0 aliphatic rings. The Balaban J connectivity index is 1.81. The van der Waals surface area contributed by atoms with E-state index < -0.39 is 0 Å². The summed E-state index contributed by atoms with van der Waals surface area (Å²) < 4.78 is 6.59. The van der Waals surface area contributed by atoms with Gasteiger partial charge in [-0.15, -0.1) is 0 Å². The second kappa shape index (κ2) is 9.38. The van der Waals surface area contributed by atoms with E-state index >= 15 is 0 Å². The van der Waals surface area contributed by atoms with Crippen molar-refractivity contribution in [1.82, 2.24) is 0 Å². The lowest BCUT2D eigenvalue weighted by molar-refractivity contribution is 0.304. The molecule has 138 valence electrons. The summed E-state index contributed by atoms with van der Waals surface area (Å²) in [5.74, 6) is 0.639. The number of allylic oxidation sites excluding steroid dienone is 1. The van der Waals surface area contributed by atoms with Crippen LogP contribution < -0.4 is 4.74 Å². The Labute approximate surface area is 177 Å². The fourth-order valence-corrected chi connectivity index (χ4v) is 3.25. The molecule has 29 heavy (non-hydrogen) atoms. The van der Waals surface area contributed by atoms with Crippen LogP contribution in [0, 0.1) is 34.0 Å². The molecule has 0 amide bonds. The molecule has 3 aromatic carbocycles. The highest BCUT2D eigenvalue weighted by Crippen LogP contribution is 2.29. The molecule has 4 nitrogen and oxygen atoms in total. The summed E-state index contributed by atoms with van der Waals surface area (Å²) >= 11 is 3.50. The summed E-state index contributed by atoms with van der Waals surface area (Å²) in [6.07, 6.45) is 1.76. The maximum absolute atomic E-state index is 9.52. The van der Waals surface area contributed by atoms with Crippen molar-refractivity contribution >= 4 is 27.6 Å². The molecule has 0 unspecified atom stereocenters. The van der Waals surface area contributed by atoms with E-state index in [0.717, 1.165) is 15.6 Å². The molecule has 0 bridgehead atoms. The maximum Gasteiger partial charge on any atom is 0.134 e. The van der Waals surface area contributed by atoms with Gasteiger partial charge in [-0.2, -0.15) is 15.8 Å². The van der Waals surface area contributed by atoms with Gasteiger partial charge in [0.05, 0.1) is 39.4 Å². The van der Waals surface area contributed by atoms with Gasteiger partial charge in [0, 0.05) is 5.56 Å². The van der Waals surface area contributed by atoms with Crippen LogP contribution in [-0.2, 0) is 6.61 Å². The van der Waals surface area contributed by atoms with Crippen LogP contribution >= 0.6 is 15.9 Å². The predicted octanol–water partition coefficient (Wildman–Crippen LogP) is 5.84. The van der Waals surface area contributed by atoms with E-state index in [1.165, 1.54) is 0 Å². The standard InChI is InChI=1S/C24H14BrN3O/c25-23-12-17(10-22(15-28)19-7-3-4-18(11-19)13-26)8-9-24(23)29-16-21-6-2-1-5-20(21)14-27/h1-12H,16H2. The van der Waals surface area contributed by atoms with E-state index in [4.69, 9.17) is 10.00 Å². The Bertz CT molecular complexity index is 1210. The second-order valence-electron chi connectivity index (χ2n) is 6.11. The van der Waals surface area contributed by atoms with Crippen molar-refractivity contribution in [2.24, 2.45) is 0 Å². The third-order valence-electron chi connectivity index (χ3n) is 4.21. The van der Waals surface area contributed by atoms with Crippen LogP contribution in [0.25, 0.3) is 11.6 Å². The molecule has 0 saturated carbocycles. The predicted molar refractivity (Wildman–Crippen MR) is 114 cm³/mol. The van der Waals surface area contributed by atoms with Gasteiger partial charge in [-0.25, -0.2) is 0 Å². The van der Waals surface area contributed by atoms with E-state index in [1.807, 2.05) is 36.4 Å². The molecule has 0 aromatic heterocycles. The lowest BCUT2D eigenvalue weighted by atomic mass is 10.0. The van der Waals surface area contributed by atoms with Gasteiger partial charge in [-0.05, 0) is 63.5 Å². The third-order valence-corrected chi connectivity index (χ3v) is 4.83. The van der Waals surface area contributed by atoms with Crippen molar-refractivity contribution in [3.8, 4) is 24.0 Å². The Kier molecular flexibility index (Phi) is 6.43. The number of hydrogen-bond donors (Lipinski definition) is 0. The summed E-state index contributed by atoms with van der Waals surface area (Å²) in [5, 5.41) is 27.7. The molecule has 3 rings (SSSR count). The Hall–Kier alpha value is -3.85. The Morgan fingerprint density at radius 2 is 1.76 bits per heavy atom. The van der Waals surface area contributed by atoms with Crippen LogP contribution in [0.5, 0.6) is 5.75 Å². The molecule has 0 N–H and O–H groups in total. The molecule has 0 spiro atoms. The average Bonchev–Trinajstić information content (AvgIpc) is 2.77. The SMILES string of the molecule is N#CC(=Cc1ccc(OCc2ccccc2C#N)c(Br)c1)c1cccc(C#N)c1. The highest BCUT2D eigenvalue weighted by atomic mass is 79.9. The van der Waals surface area contributed by atoms with Crippen molar-refractivity contribution in [3.63, 3.8) is 0 Å². The average molecular weight is 440 g/mol. The topological polar surface area (TPSA) is 80.6 Å². The van der Waals surface area contributed by atoms with Gasteiger partial charge in [-0.3, -0.25) is 0 Å². The summed E-state index contributed by atoms with van der Waals surface area (Å²) in [5.41, 5.74) is 3.88. The lowest BCUT2D eigenvalue weighted by Crippen LogP contribution is -1.98. The number of halogens is 1. The van der Waals surface area contributed by atoms with Crippen LogP contribution in [0.15, 0.2) is 71.2 Å². The van der Waals surface area contributed by atoms with Gasteiger partial charge < -0.3 is 4.74 Å². The minimum atomic E-state index is 0.280. The first kappa shape index (κ1) is 19.9. The highest BCUT2D eigenvalue weighted by Gasteiger charge is 2.07. The minimum absolute atomic E-state index is 0.280. The number of nitriles is 3. The summed E-state index contributed by atoms with van der Waals surface area (Å²) in [4.78, 5) is 0. The second-order valence-corrected chi connectivity index (χ2v) is 6.96. The van der Waals surface area contributed by atoms with E-state index in [2.05, 4.69) is 34.1 Å². The Morgan fingerprint density at radius 3 is 2.48 bits per heavy atom. The van der Waals surface area contributed by atoms with Gasteiger partial charge >= 0.3 is 0 Å². The van der Waals surface area contributed by atoms with E-state index in [-0.39, 0.29) is 6.61 Å². The molecule has 5 heteroatoms. The number of nitrogens with zero attached hydrogens (tertiary/aromatic N) is 3. The van der Waals surface area contributed by atoms with E-state index in [1.54, 1.807) is 36.4 Å². The molecule has 0 fully saturated rings. The lowest BCUT2D eigenvalue weighted by Gasteiger charge is -2.10. The fraction of sp³-hybridized carbons (Fsp3) is 0.0417. The van der Waals surface area contributed by atoms with Crippen molar-refractivity contribution in [1.29, 1.82) is 15.8 Å². The van der Waals surface area contributed by atoms with Crippen molar-refractivity contribution in [2.75, 3.05) is 0 Å². The molecule has 3 aromatic rings. The van der Waals surface area contributed by atoms with Gasteiger partial charge in [-0.1, -0.05) is 36.4 Å². The maximum atomic E-state index is 9.52. The van der Waals surface area contributed by atoms with E-state index in [0.29, 0.717) is 28.0 Å². The van der Waals surface area contributed by atoms with Crippen molar-refractivity contribution in [2.45, 2.75) is 6.61 Å². The molecule has 0 atom stereocenters. The third kappa shape index (κ3) is 4.90. The van der Waals surface area contributed by atoms with Crippen LogP contribution in [0.4, 0.5) is 0 Å². The zero-order valence-electron chi connectivity index (χ0n) is 15.3. The number of ether oxygens (including phenoxy) is 1. The first-order valence-electron chi connectivity index (χ1n) is 8.67. The minimum Gasteiger partial charge on any atom is -0.488 e. The van der Waals surface area contributed by atoms with Gasteiger partial charge in [0.2, 0.25) is 0 Å². The van der Waals surface area contributed by atoms with Gasteiger partial charge in [0.25, 0.3) is 0 Å². The van der Waals surface area contributed by atoms with Crippen molar-refractivity contribution in [3.05, 3.63) is 99.0 Å². The van der Waals surface area contributed by atoms with E-state index in [9.17, 15) is 10.5 Å². The highest BCUT2D eigenvalue weighted by molar-refractivity contribution is 9.10. The van der Waals surface area contributed by atoms with Gasteiger partial charge in [0.15, 0.2) is 0 Å². The summed E-state index contributed by atoms with van der Waals surface area (Å²) in [6, 6.07) is 26.2. The zero-order valence-corrected chi connectivity index (χ0v) is 16.8. The van der Waals surface area contributed by atoms with Crippen LogP contribution in [-0.4, -0.2) is 0 Å². The molecule has 0 aliphatic carbocycles. The van der Waals surface area contributed by atoms with Crippen molar-refractivity contribution < 1.29 is 4.74 Å². The zero-order chi connectivity index (χ0) is 20.6. The molecular weight excluding hydrogens is 426 g/mol. The quantitative estimate of drug-likeness (QED) is 0.369.